The Morgan fingerprint density at radius 1 is 1.18 bits per heavy atom. The molecule has 1 aliphatic rings. The van der Waals surface area contributed by atoms with Gasteiger partial charge in [-0.15, -0.1) is 0 Å². The molecule has 0 aliphatic carbocycles. The molecule has 0 saturated heterocycles. The highest BCUT2D eigenvalue weighted by molar-refractivity contribution is 8.13. The van der Waals surface area contributed by atoms with Gasteiger partial charge in [-0.3, -0.25) is 14.7 Å². The number of hydrogen-bond acceptors (Lipinski definition) is 5. The summed E-state index contributed by atoms with van der Waals surface area (Å²) >= 11 is 1.31. The number of nitrogens with zero attached hydrogens (tertiary/aromatic N) is 3. The summed E-state index contributed by atoms with van der Waals surface area (Å²) in [5, 5.41) is 0.540. The lowest BCUT2D eigenvalue weighted by molar-refractivity contribution is 0.0860. The van der Waals surface area contributed by atoms with Crippen LogP contribution < -0.4 is 0 Å². The van der Waals surface area contributed by atoms with E-state index in [4.69, 9.17) is 0 Å². The number of amides is 1. The van der Waals surface area contributed by atoms with Gasteiger partial charge in [0, 0.05) is 32.0 Å². The smallest absolute Gasteiger partial charge is 0.259 e. The van der Waals surface area contributed by atoms with E-state index < -0.39 is 10.0 Å². The first-order chi connectivity index (χ1) is 13.3. The Bertz CT molecular complexity index is 1010. The van der Waals surface area contributed by atoms with Gasteiger partial charge in [0.15, 0.2) is 5.17 Å². The molecule has 1 heterocycles. The SMILES string of the molecule is CN(C)S(=O)(=O)c1ccc(C(=O)N2CCN=C2SCc2ccccc2F)cc1. The third kappa shape index (κ3) is 4.26. The third-order valence-electron chi connectivity index (χ3n) is 4.24. The van der Waals surface area contributed by atoms with Crippen molar-refractivity contribution < 1.29 is 17.6 Å². The van der Waals surface area contributed by atoms with Crippen LogP contribution in [-0.2, 0) is 15.8 Å². The van der Waals surface area contributed by atoms with Gasteiger partial charge < -0.3 is 0 Å². The third-order valence-corrected chi connectivity index (χ3v) is 7.13. The van der Waals surface area contributed by atoms with E-state index >= 15 is 0 Å². The molecule has 1 aliphatic heterocycles. The summed E-state index contributed by atoms with van der Waals surface area (Å²) in [7, 11) is -0.642. The van der Waals surface area contributed by atoms with Crippen molar-refractivity contribution in [1.29, 1.82) is 0 Å². The molecule has 0 aromatic heterocycles. The Labute approximate surface area is 168 Å². The van der Waals surface area contributed by atoms with Crippen LogP contribution in [0.15, 0.2) is 58.4 Å². The van der Waals surface area contributed by atoms with Crippen LogP contribution in [0.3, 0.4) is 0 Å². The van der Waals surface area contributed by atoms with Crippen molar-refractivity contribution >= 4 is 32.9 Å². The van der Waals surface area contributed by atoms with Crippen molar-refractivity contribution in [2.75, 3.05) is 27.2 Å². The second kappa shape index (κ2) is 8.42. The van der Waals surface area contributed by atoms with Crippen molar-refractivity contribution in [3.05, 3.63) is 65.5 Å². The number of hydrogen-bond donors (Lipinski definition) is 0. The Balaban J connectivity index is 1.71. The molecular weight excluding hydrogens is 401 g/mol. The van der Waals surface area contributed by atoms with Gasteiger partial charge >= 0.3 is 0 Å². The van der Waals surface area contributed by atoms with Crippen molar-refractivity contribution in [2.45, 2.75) is 10.6 Å². The molecule has 9 heteroatoms. The zero-order valence-electron chi connectivity index (χ0n) is 15.5. The van der Waals surface area contributed by atoms with E-state index in [0.29, 0.717) is 35.1 Å². The largest absolute Gasteiger partial charge is 0.286 e. The summed E-state index contributed by atoms with van der Waals surface area (Å²) in [6.07, 6.45) is 0. The Morgan fingerprint density at radius 2 is 1.86 bits per heavy atom. The highest BCUT2D eigenvalue weighted by Crippen LogP contribution is 2.23. The molecule has 148 valence electrons. The molecule has 0 fully saturated rings. The Morgan fingerprint density at radius 3 is 2.50 bits per heavy atom. The number of rotatable bonds is 5. The Hall–Kier alpha value is -2.23. The van der Waals surface area contributed by atoms with Crippen LogP contribution in [0.25, 0.3) is 0 Å². The fraction of sp³-hybridized carbons (Fsp3) is 0.263. The van der Waals surface area contributed by atoms with E-state index in [1.54, 1.807) is 23.1 Å². The average molecular weight is 422 g/mol. The second-order valence-corrected chi connectivity index (χ2v) is 9.41. The lowest BCUT2D eigenvalue weighted by Gasteiger charge is -2.18. The minimum absolute atomic E-state index is 0.123. The first-order valence-electron chi connectivity index (χ1n) is 8.56. The molecule has 0 bridgehead atoms. The predicted octanol–water partition coefficient (Wildman–Crippen LogP) is 2.82. The molecular formula is C19H20FN3O3S2. The Kier molecular flexibility index (Phi) is 6.17. The maximum Gasteiger partial charge on any atom is 0.259 e. The van der Waals surface area contributed by atoms with Crippen molar-refractivity contribution in [2.24, 2.45) is 4.99 Å². The summed E-state index contributed by atoms with van der Waals surface area (Å²) in [6, 6.07) is 12.3. The van der Waals surface area contributed by atoms with Crippen molar-refractivity contribution in [1.82, 2.24) is 9.21 Å². The van der Waals surface area contributed by atoms with Gasteiger partial charge in [0.2, 0.25) is 10.0 Å². The fourth-order valence-electron chi connectivity index (χ4n) is 2.63. The zero-order valence-corrected chi connectivity index (χ0v) is 17.1. The molecule has 2 aromatic rings. The minimum Gasteiger partial charge on any atom is -0.286 e. The molecule has 0 atom stereocenters. The van der Waals surface area contributed by atoms with Gasteiger partial charge in [0.1, 0.15) is 5.82 Å². The van der Waals surface area contributed by atoms with Crippen LogP contribution in [0.1, 0.15) is 15.9 Å². The minimum atomic E-state index is -3.55. The molecule has 0 spiro atoms. The number of carbonyl (C=O) groups excluding carboxylic acids is 1. The van der Waals surface area contributed by atoms with Gasteiger partial charge in [-0.1, -0.05) is 30.0 Å². The van der Waals surface area contributed by atoms with Crippen LogP contribution in [0.5, 0.6) is 0 Å². The molecule has 6 nitrogen and oxygen atoms in total. The normalized spacial score (nSPS) is 14.4. The van der Waals surface area contributed by atoms with Gasteiger partial charge in [-0.05, 0) is 35.9 Å². The molecule has 0 unspecified atom stereocenters. The van der Waals surface area contributed by atoms with E-state index in [9.17, 15) is 17.6 Å². The van der Waals surface area contributed by atoms with E-state index in [1.807, 2.05) is 0 Å². The monoisotopic (exact) mass is 421 g/mol. The first-order valence-corrected chi connectivity index (χ1v) is 11.0. The highest BCUT2D eigenvalue weighted by atomic mass is 32.2. The van der Waals surface area contributed by atoms with Gasteiger partial charge in [-0.25, -0.2) is 17.1 Å². The summed E-state index contributed by atoms with van der Waals surface area (Å²) < 4.78 is 39.2. The molecule has 0 N–H and O–H groups in total. The van der Waals surface area contributed by atoms with Gasteiger partial charge in [0.05, 0.1) is 11.4 Å². The quantitative estimate of drug-likeness (QED) is 0.744. The number of amidine groups is 1. The molecule has 28 heavy (non-hydrogen) atoms. The number of carbonyl (C=O) groups is 1. The maximum absolute atomic E-state index is 13.8. The van der Waals surface area contributed by atoms with Crippen LogP contribution >= 0.6 is 11.8 Å². The summed E-state index contributed by atoms with van der Waals surface area (Å²) in [4.78, 5) is 18.8. The first kappa shape index (κ1) is 20.5. The number of halogens is 1. The van der Waals surface area contributed by atoms with E-state index in [2.05, 4.69) is 4.99 Å². The lowest BCUT2D eigenvalue weighted by Crippen LogP contribution is -2.33. The number of aliphatic imine (C=N–C) groups is 1. The summed E-state index contributed by atoms with van der Waals surface area (Å²) in [6.45, 7) is 0.925. The molecule has 0 saturated carbocycles. The van der Waals surface area contributed by atoms with Crippen molar-refractivity contribution in [3.63, 3.8) is 0 Å². The number of benzene rings is 2. The molecule has 3 rings (SSSR count). The summed E-state index contributed by atoms with van der Waals surface area (Å²) in [5.41, 5.74) is 0.923. The lowest BCUT2D eigenvalue weighted by atomic mass is 10.2. The standard InChI is InChI=1S/C19H20FN3O3S2/c1-22(2)28(25,26)16-9-7-14(8-10-16)18(24)23-12-11-21-19(23)27-13-15-5-3-4-6-17(15)20/h3-10H,11-13H2,1-2H3. The van der Waals surface area contributed by atoms with Crippen LogP contribution in [0.4, 0.5) is 4.39 Å². The zero-order chi connectivity index (χ0) is 20.3. The van der Waals surface area contributed by atoms with Crippen LogP contribution in [0, 0.1) is 5.82 Å². The second-order valence-electron chi connectivity index (χ2n) is 6.31. The number of sulfonamides is 1. The van der Waals surface area contributed by atoms with Crippen LogP contribution in [0.2, 0.25) is 0 Å². The van der Waals surface area contributed by atoms with E-state index in [0.717, 1.165) is 4.31 Å². The molecule has 1 amide bonds. The molecule has 2 aromatic carbocycles. The number of thioether (sulfide) groups is 1. The van der Waals surface area contributed by atoms with Gasteiger partial charge in [-0.2, -0.15) is 0 Å². The average Bonchev–Trinajstić information content (AvgIpc) is 3.15. The molecule has 0 radical (unpaired) electrons. The maximum atomic E-state index is 13.8. The highest BCUT2D eigenvalue weighted by Gasteiger charge is 2.26. The predicted molar refractivity (Wildman–Crippen MR) is 108 cm³/mol. The van der Waals surface area contributed by atoms with Crippen molar-refractivity contribution in [3.8, 4) is 0 Å². The van der Waals surface area contributed by atoms with Crippen LogP contribution in [-0.4, -0.2) is 55.9 Å². The topological polar surface area (TPSA) is 70.1 Å². The summed E-state index contributed by atoms with van der Waals surface area (Å²) in [5.74, 6) is -0.176. The van der Waals surface area contributed by atoms with E-state index in [1.165, 1.54) is 56.2 Å². The van der Waals surface area contributed by atoms with Gasteiger partial charge in [0.25, 0.3) is 5.91 Å². The fourth-order valence-corrected chi connectivity index (χ4v) is 4.57. The van der Waals surface area contributed by atoms with E-state index in [-0.39, 0.29) is 16.6 Å².